The van der Waals surface area contributed by atoms with Crippen LogP contribution in [0.2, 0.25) is 0 Å². The lowest BCUT2D eigenvalue weighted by Gasteiger charge is -2.23. The number of rotatable bonds is 8. The fraction of sp³-hybridized carbons (Fsp3) is 0.750. The van der Waals surface area contributed by atoms with Gasteiger partial charge in [0, 0.05) is 18.6 Å². The molecule has 136 valence electrons. The molecule has 0 spiro atoms. The molecule has 1 heterocycles. The summed E-state index contributed by atoms with van der Waals surface area (Å²) >= 11 is 0. The number of hydrogen-bond acceptors (Lipinski definition) is 6. The van der Waals surface area contributed by atoms with Crippen LogP contribution in [0.1, 0.15) is 46.3 Å². The first-order valence-electron chi connectivity index (χ1n) is 7.99. The molecule has 1 aliphatic rings. The highest BCUT2D eigenvalue weighted by Gasteiger charge is 2.44. The fourth-order valence-corrected chi connectivity index (χ4v) is 4.00. The second-order valence-corrected chi connectivity index (χ2v) is 10.2. The maximum absolute atomic E-state index is 12.5. The predicted octanol–water partition coefficient (Wildman–Crippen LogP) is 2.14. The Bertz CT molecular complexity index is 702. The zero-order chi connectivity index (χ0) is 18.2. The van der Waals surface area contributed by atoms with Crippen LogP contribution in [0.4, 0.5) is 5.82 Å². The normalized spacial score (nSPS) is 16.2. The van der Waals surface area contributed by atoms with E-state index in [0.29, 0.717) is 12.4 Å². The van der Waals surface area contributed by atoms with E-state index in [0.717, 1.165) is 12.8 Å². The highest BCUT2D eigenvalue weighted by atomic mass is 32.2. The van der Waals surface area contributed by atoms with E-state index < -0.39 is 25.9 Å². The number of methoxy groups -OCH3 is 1. The zero-order valence-corrected chi connectivity index (χ0v) is 15.7. The molecular weight excluding hydrogens is 332 g/mol. The van der Waals surface area contributed by atoms with Crippen molar-refractivity contribution in [2.75, 3.05) is 24.8 Å². The largest absolute Gasteiger partial charge is 0.384 e. The second kappa shape index (κ2) is 6.48. The highest BCUT2D eigenvalue weighted by molar-refractivity contribution is 7.93. The van der Waals surface area contributed by atoms with Crippen LogP contribution in [0, 0.1) is 5.92 Å². The van der Waals surface area contributed by atoms with Crippen molar-refractivity contribution < 1.29 is 22.5 Å². The van der Waals surface area contributed by atoms with Gasteiger partial charge in [0.2, 0.25) is 5.91 Å². The van der Waals surface area contributed by atoms with Crippen molar-refractivity contribution in [3.63, 3.8) is 0 Å². The highest BCUT2D eigenvalue weighted by Crippen LogP contribution is 2.34. The number of carbonyl (C=O) groups excluding carboxylic acids is 1. The standard InChI is InChI=1S/C16H26N2O5S/c1-15(2,10-22-5)12-8-13(18-23-12)17-14(19)16(3,4)24(20,21)9-11-6-7-11/h8,11H,6-7,9-10H2,1-5H3,(H,17,18,19). The molecule has 7 nitrogen and oxygen atoms in total. The van der Waals surface area contributed by atoms with E-state index in [1.54, 1.807) is 13.2 Å². The van der Waals surface area contributed by atoms with E-state index >= 15 is 0 Å². The van der Waals surface area contributed by atoms with Crippen LogP contribution in [0.25, 0.3) is 0 Å². The lowest BCUT2D eigenvalue weighted by Crippen LogP contribution is -2.46. The molecule has 0 radical (unpaired) electrons. The van der Waals surface area contributed by atoms with Gasteiger partial charge in [-0.15, -0.1) is 0 Å². The van der Waals surface area contributed by atoms with Crippen molar-refractivity contribution >= 4 is 21.6 Å². The Kier molecular flexibility index (Phi) is 5.11. The summed E-state index contributed by atoms with van der Waals surface area (Å²) in [6.45, 7) is 7.13. The summed E-state index contributed by atoms with van der Waals surface area (Å²) in [4.78, 5) is 12.5. The fourth-order valence-electron chi connectivity index (χ4n) is 2.30. The number of carbonyl (C=O) groups is 1. The Hall–Kier alpha value is -1.41. The summed E-state index contributed by atoms with van der Waals surface area (Å²) in [5, 5.41) is 6.37. The Morgan fingerprint density at radius 1 is 1.38 bits per heavy atom. The molecule has 1 N–H and O–H groups in total. The molecular formula is C16H26N2O5S. The molecule has 0 aromatic carbocycles. The first kappa shape index (κ1) is 18.9. The van der Waals surface area contributed by atoms with Crippen molar-refractivity contribution in [3.05, 3.63) is 11.8 Å². The molecule has 1 saturated carbocycles. The number of sulfone groups is 1. The maximum Gasteiger partial charge on any atom is 0.246 e. The van der Waals surface area contributed by atoms with Crippen molar-refractivity contribution in [1.82, 2.24) is 5.16 Å². The van der Waals surface area contributed by atoms with Crippen molar-refractivity contribution in [2.45, 2.75) is 50.7 Å². The van der Waals surface area contributed by atoms with E-state index in [9.17, 15) is 13.2 Å². The summed E-state index contributed by atoms with van der Waals surface area (Å²) in [5.41, 5.74) is -0.404. The lowest BCUT2D eigenvalue weighted by molar-refractivity contribution is -0.117. The lowest BCUT2D eigenvalue weighted by atomic mass is 9.91. The first-order valence-corrected chi connectivity index (χ1v) is 9.65. The molecule has 1 aromatic rings. The van der Waals surface area contributed by atoms with Gasteiger partial charge in [0.15, 0.2) is 15.7 Å². The van der Waals surface area contributed by atoms with Gasteiger partial charge >= 0.3 is 0 Å². The summed E-state index contributed by atoms with van der Waals surface area (Å²) in [5.74, 6) is 0.397. The monoisotopic (exact) mass is 358 g/mol. The van der Waals surface area contributed by atoms with Crippen molar-refractivity contribution in [1.29, 1.82) is 0 Å². The second-order valence-electron chi connectivity index (χ2n) is 7.58. The quantitative estimate of drug-likeness (QED) is 0.764. The van der Waals surface area contributed by atoms with Crippen LogP contribution in [0.15, 0.2) is 10.6 Å². The van der Waals surface area contributed by atoms with Gasteiger partial charge in [0.1, 0.15) is 10.5 Å². The SMILES string of the molecule is COCC(C)(C)c1cc(NC(=O)C(C)(C)S(=O)(=O)CC2CC2)no1. The molecule has 1 amide bonds. The van der Waals surface area contributed by atoms with Gasteiger partial charge in [-0.2, -0.15) is 0 Å². The summed E-state index contributed by atoms with van der Waals surface area (Å²) in [7, 11) is -1.95. The number of amides is 1. The van der Waals surface area contributed by atoms with Gasteiger partial charge < -0.3 is 14.6 Å². The Balaban J connectivity index is 2.10. The topological polar surface area (TPSA) is 98.5 Å². The third-order valence-corrected chi connectivity index (χ3v) is 7.05. The molecule has 0 unspecified atom stereocenters. The summed E-state index contributed by atoms with van der Waals surface area (Å²) < 4.78 is 33.8. The van der Waals surface area contributed by atoms with Crippen LogP contribution in [-0.4, -0.2) is 43.7 Å². The molecule has 0 saturated heterocycles. The molecule has 24 heavy (non-hydrogen) atoms. The average molecular weight is 358 g/mol. The number of nitrogens with zero attached hydrogens (tertiary/aromatic N) is 1. The molecule has 0 atom stereocenters. The number of anilines is 1. The molecule has 1 fully saturated rings. The Morgan fingerprint density at radius 2 is 2.00 bits per heavy atom. The minimum Gasteiger partial charge on any atom is -0.384 e. The smallest absolute Gasteiger partial charge is 0.246 e. The number of hydrogen-bond donors (Lipinski definition) is 1. The van der Waals surface area contributed by atoms with E-state index in [1.807, 2.05) is 13.8 Å². The average Bonchev–Trinajstić information content (AvgIpc) is 3.12. The van der Waals surface area contributed by atoms with Crippen molar-refractivity contribution in [3.8, 4) is 0 Å². The van der Waals surface area contributed by atoms with Crippen LogP contribution < -0.4 is 5.32 Å². The van der Waals surface area contributed by atoms with Gasteiger partial charge in [-0.25, -0.2) is 8.42 Å². The molecule has 2 rings (SSSR count). The summed E-state index contributed by atoms with van der Waals surface area (Å²) in [6.07, 6.45) is 1.83. The molecule has 1 aliphatic carbocycles. The van der Waals surface area contributed by atoms with E-state index in [1.165, 1.54) is 13.8 Å². The third kappa shape index (κ3) is 3.97. The minimum atomic E-state index is -3.54. The predicted molar refractivity (Wildman–Crippen MR) is 90.6 cm³/mol. The molecule has 8 heteroatoms. The molecule has 0 bridgehead atoms. The van der Waals surface area contributed by atoms with Gasteiger partial charge in [0.05, 0.1) is 12.4 Å². The van der Waals surface area contributed by atoms with E-state index in [-0.39, 0.29) is 17.5 Å². The number of aromatic nitrogens is 1. The third-order valence-electron chi connectivity index (χ3n) is 4.40. The van der Waals surface area contributed by atoms with Gasteiger partial charge in [-0.3, -0.25) is 4.79 Å². The van der Waals surface area contributed by atoms with Crippen molar-refractivity contribution in [2.24, 2.45) is 5.92 Å². The van der Waals surface area contributed by atoms with Gasteiger partial charge in [-0.1, -0.05) is 19.0 Å². The van der Waals surface area contributed by atoms with Crippen LogP contribution in [0.3, 0.4) is 0 Å². The zero-order valence-electron chi connectivity index (χ0n) is 14.9. The Labute approximate surface area is 143 Å². The maximum atomic E-state index is 12.5. The van der Waals surface area contributed by atoms with E-state index in [4.69, 9.17) is 9.26 Å². The molecule has 0 aliphatic heterocycles. The van der Waals surface area contributed by atoms with Gasteiger partial charge in [-0.05, 0) is 32.6 Å². The molecule has 1 aromatic heterocycles. The summed E-state index contributed by atoms with van der Waals surface area (Å²) in [6, 6.07) is 1.60. The first-order chi connectivity index (χ1) is 11.0. The van der Waals surface area contributed by atoms with Crippen LogP contribution >= 0.6 is 0 Å². The Morgan fingerprint density at radius 3 is 2.54 bits per heavy atom. The number of nitrogens with one attached hydrogen (secondary N) is 1. The van der Waals surface area contributed by atoms with Gasteiger partial charge in [0.25, 0.3) is 0 Å². The minimum absolute atomic E-state index is 0.0539. The van der Waals surface area contributed by atoms with Crippen LogP contribution in [0.5, 0.6) is 0 Å². The van der Waals surface area contributed by atoms with Crippen LogP contribution in [-0.2, 0) is 24.8 Å². The van der Waals surface area contributed by atoms with E-state index in [2.05, 4.69) is 10.5 Å². The number of ether oxygens (including phenoxy) is 1.